The lowest BCUT2D eigenvalue weighted by Crippen LogP contribution is -2.67. The fraction of sp³-hybridized carbons (Fsp3) is 0.552. The number of phenolic OH excluding ortho intramolecular Hbond substituents is 1. The molecule has 0 heterocycles. The number of aliphatic hydroxyl groups is 3. The number of carbonyl (C=O) groups excluding carboxylic acids is 3. The first-order valence-electron chi connectivity index (χ1n) is 13.3. The lowest BCUT2D eigenvalue weighted by molar-refractivity contribution is -0.159. The summed E-state index contributed by atoms with van der Waals surface area (Å²) in [4.78, 5) is 41.8. The summed E-state index contributed by atoms with van der Waals surface area (Å²) < 4.78 is 6.05. The number of hydrogen-bond acceptors (Lipinski definition) is 10. The van der Waals surface area contributed by atoms with Gasteiger partial charge in [0, 0.05) is 24.5 Å². The maximum atomic E-state index is 14.4. The smallest absolute Gasteiger partial charge is 0.202 e. The van der Waals surface area contributed by atoms with Crippen LogP contribution in [0.15, 0.2) is 29.0 Å². The van der Waals surface area contributed by atoms with E-state index in [0.717, 1.165) is 25.3 Å². The quantitative estimate of drug-likeness (QED) is 0.231. The molecule has 1 aromatic carbocycles. The van der Waals surface area contributed by atoms with E-state index in [1.54, 1.807) is 27.2 Å². The second-order valence-electron chi connectivity index (χ2n) is 11.2. The normalized spacial score (nSPS) is 28.5. The van der Waals surface area contributed by atoms with Crippen molar-refractivity contribution in [3.8, 4) is 5.75 Å². The van der Waals surface area contributed by atoms with Crippen molar-refractivity contribution < 1.29 is 39.5 Å². The molecule has 0 aromatic heterocycles. The van der Waals surface area contributed by atoms with E-state index in [1.807, 2.05) is 6.92 Å². The maximum Gasteiger partial charge on any atom is 0.202 e. The van der Waals surface area contributed by atoms with Crippen molar-refractivity contribution >= 4 is 23.1 Å². The number of unbranched alkanes of at least 4 members (excludes halogenated alkanes) is 1. The van der Waals surface area contributed by atoms with E-state index in [4.69, 9.17) is 4.74 Å². The highest BCUT2D eigenvalue weighted by molar-refractivity contribution is 6.25. The van der Waals surface area contributed by atoms with E-state index in [9.17, 15) is 34.8 Å². The number of hydrogen-bond donors (Lipinski definition) is 5. The molecule has 3 aliphatic carbocycles. The minimum absolute atomic E-state index is 0.00131. The van der Waals surface area contributed by atoms with Gasteiger partial charge in [-0.25, -0.2) is 0 Å². The molecule has 5 N–H and O–H groups in total. The van der Waals surface area contributed by atoms with Crippen LogP contribution >= 0.6 is 0 Å². The number of likely N-dealkylation sites (N-methyl/N-ethyl adjacent to an activating group) is 1. The Balaban J connectivity index is 2.02. The van der Waals surface area contributed by atoms with Gasteiger partial charge in [0.1, 0.15) is 22.8 Å². The Morgan fingerprint density at radius 3 is 2.49 bits per heavy atom. The zero-order valence-corrected chi connectivity index (χ0v) is 23.1. The Bertz CT molecular complexity index is 1280. The van der Waals surface area contributed by atoms with Crippen LogP contribution in [-0.4, -0.2) is 88.7 Å². The summed E-state index contributed by atoms with van der Waals surface area (Å²) in [7, 11) is 4.99. The van der Waals surface area contributed by atoms with Gasteiger partial charge in [0.2, 0.25) is 5.78 Å². The summed E-state index contributed by atoms with van der Waals surface area (Å²) in [5, 5.41) is 48.6. The third-order valence-corrected chi connectivity index (χ3v) is 8.42. The predicted molar refractivity (Wildman–Crippen MR) is 143 cm³/mol. The molecular weight excluding hydrogens is 504 g/mol. The monoisotopic (exact) mass is 542 g/mol. The molecule has 10 nitrogen and oxygen atoms in total. The van der Waals surface area contributed by atoms with Crippen LogP contribution in [0.25, 0.3) is 5.76 Å². The number of fused-ring (bicyclic) bond motifs is 3. The Morgan fingerprint density at radius 1 is 1.21 bits per heavy atom. The Kier molecular flexibility index (Phi) is 7.79. The summed E-state index contributed by atoms with van der Waals surface area (Å²) in [6.07, 6.45) is 1.85. The molecule has 0 aliphatic heterocycles. The standard InChI is InChI=1S/C29H38N2O8/c1-6-7-10-39-14-28-11-17-16(13-30-3)8-9-19(33)21(17)24(34)22(28)27(37)29(38)18(12-28)23(31(4)5)25(35)20(15(2)32)26(29)36/h8-9,18,23,30,33-34,36,38H,6-7,10-14H2,1-5H3/t18-,23-,28-,29+/m0/s1. The van der Waals surface area contributed by atoms with Gasteiger partial charge in [-0.2, -0.15) is 0 Å². The van der Waals surface area contributed by atoms with E-state index in [0.29, 0.717) is 18.7 Å². The van der Waals surface area contributed by atoms with Crippen molar-refractivity contribution in [1.82, 2.24) is 10.2 Å². The molecule has 0 unspecified atom stereocenters. The molecule has 0 bridgehead atoms. The molecular formula is C29H38N2O8. The lowest BCUT2D eigenvalue weighted by atomic mass is 9.51. The Morgan fingerprint density at radius 2 is 1.90 bits per heavy atom. The van der Waals surface area contributed by atoms with Gasteiger partial charge in [0.25, 0.3) is 0 Å². The molecule has 0 spiro atoms. The largest absolute Gasteiger partial charge is 0.508 e. The molecule has 10 heteroatoms. The number of carbonyl (C=O) groups is 3. The highest BCUT2D eigenvalue weighted by Gasteiger charge is 2.67. The number of Topliss-reactive ketones (excluding diaryl/α,β-unsaturated/α-hetero) is 3. The predicted octanol–water partition coefficient (Wildman–Crippen LogP) is 1.97. The molecule has 3 aliphatic rings. The van der Waals surface area contributed by atoms with Crippen LogP contribution in [0.5, 0.6) is 5.75 Å². The number of nitrogens with one attached hydrogen (secondary N) is 1. The number of aliphatic hydroxyl groups excluding tert-OH is 2. The zero-order chi connectivity index (χ0) is 28.9. The summed E-state index contributed by atoms with van der Waals surface area (Å²) in [5.74, 6) is -5.30. The maximum absolute atomic E-state index is 14.4. The van der Waals surface area contributed by atoms with E-state index >= 15 is 0 Å². The average molecular weight is 543 g/mol. The summed E-state index contributed by atoms with van der Waals surface area (Å²) in [6, 6.07) is 2.09. The SMILES string of the molecule is CCCCOC[C@@]12Cc3c(CNC)ccc(O)c3C(O)=C1C(=O)[C@]1(O)C(O)=C(C(C)=O)C(=O)[C@@H](N(C)C)[C@@H]1C2. The lowest BCUT2D eigenvalue weighted by Gasteiger charge is -2.54. The van der Waals surface area contributed by atoms with Gasteiger partial charge in [0.15, 0.2) is 17.2 Å². The molecule has 1 fully saturated rings. The van der Waals surface area contributed by atoms with Crippen LogP contribution in [-0.2, 0) is 32.1 Å². The molecule has 0 radical (unpaired) electrons. The van der Waals surface area contributed by atoms with E-state index in [1.165, 1.54) is 11.0 Å². The van der Waals surface area contributed by atoms with Crippen LogP contribution in [0.2, 0.25) is 0 Å². The summed E-state index contributed by atoms with van der Waals surface area (Å²) >= 11 is 0. The highest BCUT2D eigenvalue weighted by Crippen LogP contribution is 2.58. The number of ketones is 3. The second-order valence-corrected chi connectivity index (χ2v) is 11.2. The molecule has 4 atom stereocenters. The van der Waals surface area contributed by atoms with Crippen molar-refractivity contribution in [3.63, 3.8) is 0 Å². The first-order valence-corrected chi connectivity index (χ1v) is 13.3. The van der Waals surface area contributed by atoms with Crippen LogP contribution in [0, 0.1) is 11.3 Å². The molecule has 0 saturated heterocycles. The average Bonchev–Trinajstić information content (AvgIpc) is 2.85. The van der Waals surface area contributed by atoms with E-state index in [-0.39, 0.29) is 36.3 Å². The van der Waals surface area contributed by atoms with Gasteiger partial charge in [0.05, 0.1) is 23.8 Å². The van der Waals surface area contributed by atoms with Gasteiger partial charge in [-0.05, 0) is 64.5 Å². The first-order chi connectivity index (χ1) is 18.4. The van der Waals surface area contributed by atoms with Crippen LogP contribution < -0.4 is 5.32 Å². The topological polar surface area (TPSA) is 157 Å². The molecule has 0 amide bonds. The minimum Gasteiger partial charge on any atom is -0.508 e. The number of ether oxygens (including phenoxy) is 1. The molecule has 1 aromatic rings. The van der Waals surface area contributed by atoms with Crippen molar-refractivity contribution in [2.45, 2.75) is 57.7 Å². The molecule has 212 valence electrons. The first kappa shape index (κ1) is 28.9. The van der Waals surface area contributed by atoms with Gasteiger partial charge in [-0.1, -0.05) is 19.4 Å². The number of rotatable bonds is 9. The number of phenols is 1. The highest BCUT2D eigenvalue weighted by atomic mass is 16.5. The molecule has 39 heavy (non-hydrogen) atoms. The number of benzene rings is 1. The van der Waals surface area contributed by atoms with E-state index in [2.05, 4.69) is 5.32 Å². The Labute approximate surface area is 228 Å². The van der Waals surface area contributed by atoms with Gasteiger partial charge >= 0.3 is 0 Å². The minimum atomic E-state index is -2.63. The summed E-state index contributed by atoms with van der Waals surface area (Å²) in [5.41, 5.74) is -3.07. The van der Waals surface area contributed by atoms with Crippen molar-refractivity contribution in [1.29, 1.82) is 0 Å². The number of aromatic hydroxyl groups is 1. The van der Waals surface area contributed by atoms with Gasteiger partial charge < -0.3 is 30.5 Å². The van der Waals surface area contributed by atoms with E-state index < -0.39 is 57.4 Å². The van der Waals surface area contributed by atoms with Crippen molar-refractivity contribution in [2.75, 3.05) is 34.4 Å². The second kappa shape index (κ2) is 10.5. The van der Waals surface area contributed by atoms with Crippen LogP contribution in [0.1, 0.15) is 49.8 Å². The van der Waals surface area contributed by atoms with Crippen molar-refractivity contribution in [3.05, 3.63) is 45.7 Å². The fourth-order valence-electron chi connectivity index (χ4n) is 6.65. The summed E-state index contributed by atoms with van der Waals surface area (Å²) in [6.45, 7) is 3.96. The van der Waals surface area contributed by atoms with Gasteiger partial charge in [-0.15, -0.1) is 0 Å². The molecule has 4 rings (SSSR count). The van der Waals surface area contributed by atoms with Crippen LogP contribution in [0.4, 0.5) is 0 Å². The zero-order valence-electron chi connectivity index (χ0n) is 23.1. The third-order valence-electron chi connectivity index (χ3n) is 8.42. The van der Waals surface area contributed by atoms with Crippen LogP contribution in [0.3, 0.4) is 0 Å². The third kappa shape index (κ3) is 4.30. The Hall–Kier alpha value is -3.05. The molecule has 1 saturated carbocycles. The van der Waals surface area contributed by atoms with Crippen molar-refractivity contribution in [2.24, 2.45) is 11.3 Å². The number of nitrogens with zero attached hydrogens (tertiary/aromatic N) is 1. The van der Waals surface area contributed by atoms with Gasteiger partial charge in [-0.3, -0.25) is 19.3 Å². The fourth-order valence-corrected chi connectivity index (χ4v) is 6.65.